The van der Waals surface area contributed by atoms with Crippen molar-refractivity contribution in [2.24, 2.45) is 7.05 Å². The molecule has 0 aliphatic rings. The number of para-hydroxylation sites is 2. The summed E-state index contributed by atoms with van der Waals surface area (Å²) in [5, 5.41) is 1.15. The molecule has 3 aromatic carbocycles. The van der Waals surface area contributed by atoms with Crippen molar-refractivity contribution in [1.29, 1.82) is 0 Å². The van der Waals surface area contributed by atoms with Gasteiger partial charge in [-0.15, -0.1) is 0 Å². The van der Waals surface area contributed by atoms with Gasteiger partial charge in [-0.1, -0.05) is 55.6 Å². The first-order valence-electron chi connectivity index (χ1n) is 10.5. The SMILES string of the molecule is C=Cc1c(C=C)n(-c2nc3ccccc3n2C)c2ccc(-c3c(C)cccc3C)cc12. The van der Waals surface area contributed by atoms with E-state index < -0.39 is 0 Å². The van der Waals surface area contributed by atoms with Gasteiger partial charge >= 0.3 is 0 Å². The van der Waals surface area contributed by atoms with E-state index in [1.165, 1.54) is 22.3 Å². The summed E-state index contributed by atoms with van der Waals surface area (Å²) in [5.74, 6) is 0.869. The maximum absolute atomic E-state index is 4.94. The van der Waals surface area contributed by atoms with Gasteiger partial charge in [0.2, 0.25) is 5.95 Å². The van der Waals surface area contributed by atoms with Crippen molar-refractivity contribution in [2.45, 2.75) is 13.8 Å². The number of rotatable bonds is 4. The van der Waals surface area contributed by atoms with E-state index in [1.54, 1.807) is 0 Å². The molecular weight excluding hydrogens is 378 g/mol. The minimum atomic E-state index is 0.869. The van der Waals surface area contributed by atoms with E-state index in [0.29, 0.717) is 0 Å². The second-order valence-electron chi connectivity index (χ2n) is 8.00. The van der Waals surface area contributed by atoms with E-state index in [-0.39, 0.29) is 0 Å². The van der Waals surface area contributed by atoms with Crippen molar-refractivity contribution < 1.29 is 0 Å². The second-order valence-corrected chi connectivity index (χ2v) is 8.00. The maximum atomic E-state index is 4.94. The normalized spacial score (nSPS) is 11.3. The first kappa shape index (κ1) is 19.1. The molecule has 0 N–H and O–H groups in total. The number of hydrogen-bond donors (Lipinski definition) is 0. The molecule has 0 aliphatic heterocycles. The minimum absolute atomic E-state index is 0.869. The predicted molar refractivity (Wildman–Crippen MR) is 133 cm³/mol. The molecule has 0 unspecified atom stereocenters. The lowest BCUT2D eigenvalue weighted by atomic mass is 9.94. The van der Waals surface area contributed by atoms with Crippen LogP contribution in [0.2, 0.25) is 0 Å². The fourth-order valence-electron chi connectivity index (χ4n) is 4.72. The highest BCUT2D eigenvalue weighted by Crippen LogP contribution is 2.36. The highest BCUT2D eigenvalue weighted by atomic mass is 15.2. The summed E-state index contributed by atoms with van der Waals surface area (Å²) in [7, 11) is 2.06. The van der Waals surface area contributed by atoms with Crippen LogP contribution in [0.4, 0.5) is 0 Å². The van der Waals surface area contributed by atoms with Gasteiger partial charge < -0.3 is 4.57 Å². The highest BCUT2D eigenvalue weighted by Gasteiger charge is 2.20. The zero-order valence-electron chi connectivity index (χ0n) is 18.2. The molecule has 0 radical (unpaired) electrons. The van der Waals surface area contributed by atoms with Crippen LogP contribution in [-0.2, 0) is 7.05 Å². The number of nitrogens with zero attached hydrogens (tertiary/aromatic N) is 3. The van der Waals surface area contributed by atoms with Gasteiger partial charge in [-0.25, -0.2) is 4.98 Å². The van der Waals surface area contributed by atoms with Gasteiger partial charge in [-0.3, -0.25) is 4.57 Å². The van der Waals surface area contributed by atoms with Crippen LogP contribution >= 0.6 is 0 Å². The van der Waals surface area contributed by atoms with Crippen molar-refractivity contribution in [2.75, 3.05) is 0 Å². The van der Waals surface area contributed by atoms with Gasteiger partial charge in [0.1, 0.15) is 0 Å². The molecule has 0 fully saturated rings. The number of benzene rings is 3. The Morgan fingerprint density at radius 2 is 1.58 bits per heavy atom. The molecule has 31 heavy (non-hydrogen) atoms. The van der Waals surface area contributed by atoms with Gasteiger partial charge in [0, 0.05) is 18.0 Å². The summed E-state index contributed by atoms with van der Waals surface area (Å²) in [6.07, 6.45) is 3.82. The van der Waals surface area contributed by atoms with Crippen LogP contribution in [-0.4, -0.2) is 14.1 Å². The Morgan fingerprint density at radius 3 is 2.26 bits per heavy atom. The third kappa shape index (κ3) is 2.77. The smallest absolute Gasteiger partial charge is 0.215 e. The average Bonchev–Trinajstić information content (AvgIpc) is 3.27. The molecule has 0 spiro atoms. The summed E-state index contributed by atoms with van der Waals surface area (Å²) in [4.78, 5) is 4.94. The van der Waals surface area contributed by atoms with Crippen molar-refractivity contribution in [3.8, 4) is 17.1 Å². The third-order valence-electron chi connectivity index (χ3n) is 6.18. The first-order chi connectivity index (χ1) is 15.0. The minimum Gasteiger partial charge on any atom is -0.313 e. The van der Waals surface area contributed by atoms with Gasteiger partial charge in [-0.2, -0.15) is 0 Å². The van der Waals surface area contributed by atoms with Crippen LogP contribution in [0, 0.1) is 13.8 Å². The zero-order valence-corrected chi connectivity index (χ0v) is 18.2. The lowest BCUT2D eigenvalue weighted by molar-refractivity contribution is 0.851. The Kier molecular flexibility index (Phi) is 4.40. The lowest BCUT2D eigenvalue weighted by Gasteiger charge is -2.11. The Hall–Kier alpha value is -3.85. The Labute approximate surface area is 182 Å². The number of fused-ring (bicyclic) bond motifs is 2. The fraction of sp³-hybridized carbons (Fsp3) is 0.107. The number of imidazole rings is 1. The van der Waals surface area contributed by atoms with Crippen molar-refractivity contribution in [3.63, 3.8) is 0 Å². The first-order valence-corrected chi connectivity index (χ1v) is 10.5. The fourth-order valence-corrected chi connectivity index (χ4v) is 4.72. The van der Waals surface area contributed by atoms with Crippen LogP contribution in [0.1, 0.15) is 22.4 Å². The monoisotopic (exact) mass is 403 g/mol. The number of hydrogen-bond acceptors (Lipinski definition) is 1. The molecule has 3 nitrogen and oxygen atoms in total. The quantitative estimate of drug-likeness (QED) is 0.314. The van der Waals surface area contributed by atoms with E-state index in [9.17, 15) is 0 Å². The molecule has 0 atom stereocenters. The Morgan fingerprint density at radius 1 is 0.839 bits per heavy atom. The highest BCUT2D eigenvalue weighted by molar-refractivity contribution is 5.98. The molecule has 2 aromatic heterocycles. The lowest BCUT2D eigenvalue weighted by Crippen LogP contribution is -2.05. The summed E-state index contributed by atoms with van der Waals surface area (Å²) < 4.78 is 4.32. The second kappa shape index (κ2) is 7.13. The molecule has 152 valence electrons. The van der Waals surface area contributed by atoms with Crippen LogP contribution in [0.15, 0.2) is 73.8 Å². The molecule has 5 rings (SSSR count). The van der Waals surface area contributed by atoms with E-state index in [4.69, 9.17) is 4.98 Å². The van der Waals surface area contributed by atoms with Crippen LogP contribution in [0.25, 0.3) is 51.2 Å². The summed E-state index contributed by atoms with van der Waals surface area (Å²) >= 11 is 0. The van der Waals surface area contributed by atoms with E-state index in [1.807, 2.05) is 30.4 Å². The van der Waals surface area contributed by atoms with Crippen LogP contribution in [0.3, 0.4) is 0 Å². The van der Waals surface area contributed by atoms with Gasteiger partial charge in [0.05, 0.1) is 22.2 Å². The maximum Gasteiger partial charge on any atom is 0.215 e. The number of aryl methyl sites for hydroxylation is 3. The molecule has 0 saturated carbocycles. The molecule has 0 saturated heterocycles. The molecule has 0 amide bonds. The molecule has 3 heteroatoms. The van der Waals surface area contributed by atoms with E-state index >= 15 is 0 Å². The molecule has 5 aromatic rings. The van der Waals surface area contributed by atoms with Crippen molar-refractivity contribution in [1.82, 2.24) is 14.1 Å². The van der Waals surface area contributed by atoms with Crippen LogP contribution in [0.5, 0.6) is 0 Å². The van der Waals surface area contributed by atoms with Crippen LogP contribution < -0.4 is 0 Å². The van der Waals surface area contributed by atoms with Gasteiger partial charge in [0.15, 0.2) is 0 Å². The molecular formula is C28H25N3. The topological polar surface area (TPSA) is 22.8 Å². The van der Waals surface area contributed by atoms with Gasteiger partial charge in [-0.05, 0) is 66.4 Å². The Balaban J connectivity index is 1.85. The average molecular weight is 404 g/mol. The molecule has 0 aliphatic carbocycles. The standard InChI is InChI=1S/C28H25N3/c1-6-21-22-17-20(27-18(3)11-10-12-19(27)4)15-16-25(22)31(24(21)7-2)28-29-23-13-8-9-14-26(23)30(28)5/h6-17H,1-2H2,3-5H3. The largest absolute Gasteiger partial charge is 0.313 e. The van der Waals surface area contributed by atoms with Crippen molar-refractivity contribution >= 4 is 34.1 Å². The Bertz CT molecular complexity index is 1470. The summed E-state index contributed by atoms with van der Waals surface area (Å²) in [5.41, 5.74) is 10.3. The zero-order chi connectivity index (χ0) is 21.7. The van der Waals surface area contributed by atoms with Crippen molar-refractivity contribution in [3.05, 3.63) is 96.2 Å². The van der Waals surface area contributed by atoms with E-state index in [0.717, 1.165) is 39.1 Å². The molecule has 2 heterocycles. The summed E-state index contributed by atoms with van der Waals surface area (Å²) in [6.45, 7) is 12.6. The number of aromatic nitrogens is 3. The van der Waals surface area contributed by atoms with E-state index in [2.05, 4.69) is 85.7 Å². The predicted octanol–water partition coefficient (Wildman–Crippen LogP) is 7.09. The van der Waals surface area contributed by atoms with Gasteiger partial charge in [0.25, 0.3) is 0 Å². The third-order valence-corrected chi connectivity index (χ3v) is 6.18. The summed E-state index contributed by atoms with van der Waals surface area (Å²) in [6, 6.07) is 21.3. The molecule has 0 bridgehead atoms.